The van der Waals surface area contributed by atoms with Gasteiger partial charge in [0.25, 0.3) is 0 Å². The van der Waals surface area contributed by atoms with Gasteiger partial charge < -0.3 is 13.9 Å². The number of furan rings is 1. The molecule has 0 radical (unpaired) electrons. The summed E-state index contributed by atoms with van der Waals surface area (Å²) in [6.07, 6.45) is 7.29. The lowest BCUT2D eigenvalue weighted by Crippen LogP contribution is -2.56. The van der Waals surface area contributed by atoms with Crippen LogP contribution in [0.1, 0.15) is 25.0 Å². The fourth-order valence-corrected chi connectivity index (χ4v) is 3.70. The molecule has 2 aliphatic rings. The van der Waals surface area contributed by atoms with Gasteiger partial charge in [0, 0.05) is 25.1 Å². The normalized spacial score (nSPS) is 30.0. The van der Waals surface area contributed by atoms with Crippen LogP contribution in [0.2, 0.25) is 0 Å². The highest BCUT2D eigenvalue weighted by molar-refractivity contribution is 5.01. The summed E-state index contributed by atoms with van der Waals surface area (Å²) in [7, 11) is 0. The maximum atomic E-state index is 6.04. The van der Waals surface area contributed by atoms with Gasteiger partial charge in [0.15, 0.2) is 0 Å². The van der Waals surface area contributed by atoms with E-state index in [0.717, 1.165) is 51.4 Å². The first-order valence-corrected chi connectivity index (χ1v) is 7.87. The molecule has 4 nitrogen and oxygen atoms in total. The van der Waals surface area contributed by atoms with E-state index >= 15 is 0 Å². The van der Waals surface area contributed by atoms with E-state index in [4.69, 9.17) is 13.9 Å². The first kappa shape index (κ1) is 14.8. The fraction of sp³-hybridized carbons (Fsp3) is 0.647. The predicted molar refractivity (Wildman–Crippen MR) is 81.0 cm³/mol. The fourth-order valence-electron chi connectivity index (χ4n) is 3.70. The minimum Gasteiger partial charge on any atom is -0.468 e. The van der Waals surface area contributed by atoms with Gasteiger partial charge in [-0.05, 0) is 31.4 Å². The highest BCUT2D eigenvalue weighted by Crippen LogP contribution is 2.40. The van der Waals surface area contributed by atoms with Gasteiger partial charge in [-0.15, -0.1) is 6.58 Å². The van der Waals surface area contributed by atoms with Crippen molar-refractivity contribution in [2.45, 2.75) is 31.9 Å². The molecule has 1 aromatic rings. The Labute approximate surface area is 126 Å². The van der Waals surface area contributed by atoms with Crippen LogP contribution in [0.25, 0.3) is 0 Å². The molecule has 116 valence electrons. The van der Waals surface area contributed by atoms with Crippen molar-refractivity contribution in [2.75, 3.05) is 32.9 Å². The lowest BCUT2D eigenvalue weighted by Gasteiger charge is -2.50. The maximum absolute atomic E-state index is 6.04. The van der Waals surface area contributed by atoms with Gasteiger partial charge in [-0.25, -0.2) is 0 Å². The van der Waals surface area contributed by atoms with Gasteiger partial charge in [-0.3, -0.25) is 4.90 Å². The largest absolute Gasteiger partial charge is 0.468 e. The average Bonchev–Trinajstić information content (AvgIpc) is 3.00. The molecule has 0 saturated carbocycles. The lowest BCUT2D eigenvalue weighted by molar-refractivity contribution is -0.152. The van der Waals surface area contributed by atoms with Gasteiger partial charge in [-0.1, -0.05) is 6.08 Å². The zero-order chi connectivity index (χ0) is 14.5. The molecular formula is C17H25NO3. The molecule has 3 heterocycles. The van der Waals surface area contributed by atoms with Crippen LogP contribution in [0.3, 0.4) is 0 Å². The van der Waals surface area contributed by atoms with E-state index in [9.17, 15) is 0 Å². The summed E-state index contributed by atoms with van der Waals surface area (Å²) in [6, 6.07) is 4.00. The number of likely N-dealkylation sites (tertiary alicyclic amines) is 1. The Bertz CT molecular complexity index is 445. The number of nitrogens with zero attached hydrogens (tertiary/aromatic N) is 1. The Kier molecular flexibility index (Phi) is 4.78. The molecule has 0 bridgehead atoms. The van der Waals surface area contributed by atoms with Crippen molar-refractivity contribution in [3.63, 3.8) is 0 Å². The predicted octanol–water partition coefficient (Wildman–Crippen LogP) is 2.85. The van der Waals surface area contributed by atoms with Gasteiger partial charge in [0.2, 0.25) is 0 Å². The number of hydrogen-bond donors (Lipinski definition) is 0. The summed E-state index contributed by atoms with van der Waals surface area (Å²) in [5.74, 6) is 1.03. The first-order valence-electron chi connectivity index (χ1n) is 7.87. The Hall–Kier alpha value is -1.10. The summed E-state index contributed by atoms with van der Waals surface area (Å²) in [5, 5.41) is 0. The van der Waals surface area contributed by atoms with Crippen LogP contribution in [-0.4, -0.2) is 43.9 Å². The van der Waals surface area contributed by atoms with E-state index in [1.807, 2.05) is 18.2 Å². The molecule has 21 heavy (non-hydrogen) atoms. The molecular weight excluding hydrogens is 266 g/mol. The molecule has 0 spiro atoms. The summed E-state index contributed by atoms with van der Waals surface area (Å²) < 4.78 is 17.3. The van der Waals surface area contributed by atoms with Crippen molar-refractivity contribution in [2.24, 2.45) is 5.41 Å². The average molecular weight is 291 g/mol. The second-order valence-corrected chi connectivity index (χ2v) is 6.21. The second-order valence-electron chi connectivity index (χ2n) is 6.21. The number of fused-ring (bicyclic) bond motifs is 1. The molecule has 4 heteroatoms. The number of piperidine rings is 1. The SMILES string of the molecule is C=CCOC[C@@]12CCCO[C@H]1CCN(Cc1ccco1)C2. The van der Waals surface area contributed by atoms with Crippen molar-refractivity contribution in [1.82, 2.24) is 4.90 Å². The highest BCUT2D eigenvalue weighted by atomic mass is 16.5. The van der Waals surface area contributed by atoms with Crippen LogP contribution in [0, 0.1) is 5.41 Å². The third-order valence-electron chi connectivity index (χ3n) is 4.65. The Morgan fingerprint density at radius 2 is 2.48 bits per heavy atom. The van der Waals surface area contributed by atoms with Gasteiger partial charge in [0.1, 0.15) is 5.76 Å². The second kappa shape index (κ2) is 6.77. The Morgan fingerprint density at radius 3 is 3.29 bits per heavy atom. The first-order chi connectivity index (χ1) is 10.3. The number of hydrogen-bond acceptors (Lipinski definition) is 4. The minimum absolute atomic E-state index is 0.131. The van der Waals surface area contributed by atoms with Crippen LogP contribution < -0.4 is 0 Å². The van der Waals surface area contributed by atoms with Crippen LogP contribution in [-0.2, 0) is 16.0 Å². The maximum Gasteiger partial charge on any atom is 0.117 e. The zero-order valence-electron chi connectivity index (χ0n) is 12.6. The van der Waals surface area contributed by atoms with Gasteiger partial charge >= 0.3 is 0 Å². The van der Waals surface area contributed by atoms with Gasteiger partial charge in [0.05, 0.1) is 32.1 Å². The van der Waals surface area contributed by atoms with E-state index in [1.54, 1.807) is 6.26 Å². The molecule has 2 atom stereocenters. The van der Waals surface area contributed by atoms with Crippen LogP contribution in [0.4, 0.5) is 0 Å². The van der Waals surface area contributed by atoms with E-state index in [-0.39, 0.29) is 5.41 Å². The van der Waals surface area contributed by atoms with Gasteiger partial charge in [-0.2, -0.15) is 0 Å². The molecule has 0 unspecified atom stereocenters. The molecule has 3 rings (SSSR count). The van der Waals surface area contributed by atoms with Crippen molar-refractivity contribution in [3.05, 3.63) is 36.8 Å². The lowest BCUT2D eigenvalue weighted by atomic mass is 9.73. The molecule has 1 aromatic heterocycles. The van der Waals surface area contributed by atoms with Crippen molar-refractivity contribution < 1.29 is 13.9 Å². The molecule has 0 amide bonds. The monoisotopic (exact) mass is 291 g/mol. The summed E-state index contributed by atoms with van der Waals surface area (Å²) in [4.78, 5) is 2.47. The standard InChI is InChI=1S/C17H25NO3/c1-2-9-19-14-17-7-4-11-21-16(17)6-8-18(13-17)12-15-5-3-10-20-15/h2-3,5,10,16H,1,4,6-9,11-14H2/t16-,17-/m0/s1. The van der Waals surface area contributed by atoms with Crippen LogP contribution in [0.15, 0.2) is 35.5 Å². The van der Waals surface area contributed by atoms with Crippen LogP contribution >= 0.6 is 0 Å². The molecule has 2 fully saturated rings. The number of ether oxygens (including phenoxy) is 2. The smallest absolute Gasteiger partial charge is 0.117 e. The summed E-state index contributed by atoms with van der Waals surface area (Å²) in [5.41, 5.74) is 0.131. The van der Waals surface area contributed by atoms with Crippen molar-refractivity contribution >= 4 is 0 Å². The summed E-state index contributed by atoms with van der Waals surface area (Å²) in [6.45, 7) is 8.97. The van der Waals surface area contributed by atoms with E-state index in [0.29, 0.717) is 12.7 Å². The molecule has 2 saturated heterocycles. The van der Waals surface area contributed by atoms with E-state index in [2.05, 4.69) is 11.5 Å². The third-order valence-corrected chi connectivity index (χ3v) is 4.65. The molecule has 0 aliphatic carbocycles. The third kappa shape index (κ3) is 3.39. The molecule has 2 aliphatic heterocycles. The highest BCUT2D eigenvalue weighted by Gasteiger charge is 2.46. The van der Waals surface area contributed by atoms with E-state index in [1.165, 1.54) is 6.42 Å². The van der Waals surface area contributed by atoms with E-state index < -0.39 is 0 Å². The minimum atomic E-state index is 0.131. The Balaban J connectivity index is 1.66. The van der Waals surface area contributed by atoms with Crippen LogP contribution in [0.5, 0.6) is 0 Å². The Morgan fingerprint density at radius 1 is 1.52 bits per heavy atom. The quantitative estimate of drug-likeness (QED) is 0.596. The topological polar surface area (TPSA) is 34.8 Å². The van der Waals surface area contributed by atoms with Crippen molar-refractivity contribution in [1.29, 1.82) is 0 Å². The summed E-state index contributed by atoms with van der Waals surface area (Å²) >= 11 is 0. The molecule has 0 aromatic carbocycles. The van der Waals surface area contributed by atoms with Crippen molar-refractivity contribution in [3.8, 4) is 0 Å². The zero-order valence-corrected chi connectivity index (χ0v) is 12.6. The number of rotatable bonds is 6. The molecule has 0 N–H and O–H groups in total.